The van der Waals surface area contributed by atoms with Crippen molar-refractivity contribution in [2.24, 2.45) is 0 Å². The number of rotatable bonds is 6. The molecule has 1 fully saturated rings. The molecule has 3 heterocycles. The minimum absolute atomic E-state index is 0.0615. The fourth-order valence-corrected chi connectivity index (χ4v) is 4.20. The third-order valence-electron chi connectivity index (χ3n) is 4.75. The number of anilines is 3. The first-order valence-electron chi connectivity index (χ1n) is 9.63. The molecule has 0 saturated carbocycles. The van der Waals surface area contributed by atoms with E-state index in [4.69, 9.17) is 11.6 Å². The summed E-state index contributed by atoms with van der Waals surface area (Å²) in [5, 5.41) is 6.88. The van der Waals surface area contributed by atoms with E-state index in [9.17, 15) is 9.59 Å². The quantitative estimate of drug-likeness (QED) is 0.543. The van der Waals surface area contributed by atoms with E-state index < -0.39 is 0 Å². The monoisotopic (exact) mass is 457 g/mol. The first kappa shape index (κ1) is 21.1. The maximum absolute atomic E-state index is 12.7. The van der Waals surface area contributed by atoms with Crippen LogP contribution in [0.1, 0.15) is 26.6 Å². The van der Waals surface area contributed by atoms with Crippen molar-refractivity contribution in [2.45, 2.75) is 20.3 Å². The van der Waals surface area contributed by atoms with Crippen LogP contribution in [0.15, 0.2) is 24.4 Å². The highest BCUT2D eigenvalue weighted by Gasteiger charge is 2.20. The third kappa shape index (κ3) is 4.97. The standard InChI is InChI=1S/C20H20ClN7O2S/c1-11-4-3-5-14(21)13(11)8-15(29)16-9-23-20(31-16)27-18-24-12(2)25-19(26-18)28-7-6-22-17(30)10-28/h3-5,9H,6-8,10H2,1-2H3,(H,22,30)(H,23,24,25,26,27). The molecular weight excluding hydrogens is 438 g/mol. The molecule has 31 heavy (non-hydrogen) atoms. The van der Waals surface area contributed by atoms with Gasteiger partial charge in [0.15, 0.2) is 10.9 Å². The van der Waals surface area contributed by atoms with Gasteiger partial charge in [0.1, 0.15) is 5.82 Å². The Morgan fingerprint density at radius 1 is 1.29 bits per heavy atom. The number of carbonyl (C=O) groups excluding carboxylic acids is 2. The van der Waals surface area contributed by atoms with E-state index in [-0.39, 0.29) is 24.7 Å². The normalized spacial score (nSPS) is 13.8. The van der Waals surface area contributed by atoms with Crippen molar-refractivity contribution in [1.29, 1.82) is 0 Å². The van der Waals surface area contributed by atoms with Crippen molar-refractivity contribution < 1.29 is 9.59 Å². The number of benzene rings is 1. The molecule has 1 saturated heterocycles. The molecule has 3 aromatic rings. The molecule has 160 valence electrons. The molecule has 9 nitrogen and oxygen atoms in total. The second-order valence-electron chi connectivity index (χ2n) is 7.07. The van der Waals surface area contributed by atoms with Crippen molar-refractivity contribution >= 4 is 51.7 Å². The molecule has 11 heteroatoms. The predicted molar refractivity (Wildman–Crippen MR) is 119 cm³/mol. The Morgan fingerprint density at radius 3 is 2.90 bits per heavy atom. The van der Waals surface area contributed by atoms with Crippen molar-refractivity contribution in [1.82, 2.24) is 25.3 Å². The van der Waals surface area contributed by atoms with Crippen LogP contribution < -0.4 is 15.5 Å². The molecule has 0 spiro atoms. The van der Waals surface area contributed by atoms with E-state index in [2.05, 4.69) is 30.6 Å². The Labute approximate surface area is 187 Å². The lowest BCUT2D eigenvalue weighted by molar-refractivity contribution is -0.120. The van der Waals surface area contributed by atoms with Crippen LogP contribution in [-0.2, 0) is 11.2 Å². The molecule has 0 bridgehead atoms. The van der Waals surface area contributed by atoms with E-state index in [1.54, 1.807) is 17.9 Å². The Hall–Kier alpha value is -3.11. The van der Waals surface area contributed by atoms with Gasteiger partial charge < -0.3 is 10.2 Å². The molecule has 1 aromatic carbocycles. The second-order valence-corrected chi connectivity index (χ2v) is 8.51. The zero-order valence-corrected chi connectivity index (χ0v) is 18.5. The molecule has 0 aliphatic carbocycles. The molecule has 1 amide bonds. The fourth-order valence-electron chi connectivity index (χ4n) is 3.17. The number of nitrogens with zero attached hydrogens (tertiary/aromatic N) is 5. The minimum Gasteiger partial charge on any atom is -0.353 e. The van der Waals surface area contributed by atoms with Crippen LogP contribution in [-0.4, -0.2) is 51.3 Å². The van der Waals surface area contributed by atoms with Gasteiger partial charge in [-0.1, -0.05) is 35.1 Å². The average molecular weight is 458 g/mol. The van der Waals surface area contributed by atoms with Crippen LogP contribution in [0.3, 0.4) is 0 Å². The summed E-state index contributed by atoms with van der Waals surface area (Å²) < 4.78 is 0. The largest absolute Gasteiger partial charge is 0.353 e. The zero-order valence-electron chi connectivity index (χ0n) is 17.0. The summed E-state index contributed by atoms with van der Waals surface area (Å²) in [6, 6.07) is 5.58. The molecule has 1 aliphatic rings. The van der Waals surface area contributed by atoms with Gasteiger partial charge in [0, 0.05) is 24.5 Å². The van der Waals surface area contributed by atoms with Gasteiger partial charge in [-0.15, -0.1) is 0 Å². The Kier molecular flexibility index (Phi) is 6.10. The lowest BCUT2D eigenvalue weighted by Crippen LogP contribution is -2.48. The number of aryl methyl sites for hydroxylation is 2. The van der Waals surface area contributed by atoms with Crippen LogP contribution in [0.2, 0.25) is 5.02 Å². The van der Waals surface area contributed by atoms with Crippen LogP contribution in [0.25, 0.3) is 0 Å². The smallest absolute Gasteiger partial charge is 0.239 e. The average Bonchev–Trinajstić information content (AvgIpc) is 3.19. The van der Waals surface area contributed by atoms with E-state index in [0.717, 1.165) is 11.1 Å². The topological polar surface area (TPSA) is 113 Å². The Morgan fingerprint density at radius 2 is 2.13 bits per heavy atom. The summed E-state index contributed by atoms with van der Waals surface area (Å²) in [5.41, 5.74) is 1.80. The lowest BCUT2D eigenvalue weighted by Gasteiger charge is -2.26. The van der Waals surface area contributed by atoms with E-state index >= 15 is 0 Å². The minimum atomic E-state index is -0.0735. The summed E-state index contributed by atoms with van der Waals surface area (Å²) in [4.78, 5) is 44.0. The van der Waals surface area contributed by atoms with Gasteiger partial charge in [-0.25, -0.2) is 4.98 Å². The number of piperazine rings is 1. The Bertz CT molecular complexity index is 1130. The summed E-state index contributed by atoms with van der Waals surface area (Å²) >= 11 is 7.47. The predicted octanol–water partition coefficient (Wildman–Crippen LogP) is 2.70. The first-order chi connectivity index (χ1) is 14.9. The van der Waals surface area contributed by atoms with Crippen molar-refractivity contribution in [3.05, 3.63) is 51.2 Å². The molecule has 0 unspecified atom stereocenters. The summed E-state index contributed by atoms with van der Waals surface area (Å²) in [5.74, 6) is 1.11. The number of hydrogen-bond donors (Lipinski definition) is 2. The lowest BCUT2D eigenvalue weighted by atomic mass is 10.0. The van der Waals surface area contributed by atoms with E-state index in [1.165, 1.54) is 17.5 Å². The fraction of sp³-hybridized carbons (Fsp3) is 0.300. The van der Waals surface area contributed by atoms with Crippen LogP contribution in [0.4, 0.5) is 17.0 Å². The first-order valence-corrected chi connectivity index (χ1v) is 10.8. The highest BCUT2D eigenvalue weighted by Crippen LogP contribution is 2.26. The number of nitrogens with one attached hydrogen (secondary N) is 2. The van der Waals surface area contributed by atoms with Gasteiger partial charge in [-0.3, -0.25) is 14.9 Å². The summed E-state index contributed by atoms with van der Waals surface area (Å²) in [6.07, 6.45) is 1.74. The van der Waals surface area contributed by atoms with Crippen molar-refractivity contribution in [2.75, 3.05) is 29.9 Å². The van der Waals surface area contributed by atoms with Crippen molar-refractivity contribution in [3.8, 4) is 0 Å². The maximum atomic E-state index is 12.7. The number of aromatic nitrogens is 4. The van der Waals surface area contributed by atoms with Crippen LogP contribution in [0, 0.1) is 13.8 Å². The highest BCUT2D eigenvalue weighted by atomic mass is 35.5. The number of ketones is 1. The molecule has 4 rings (SSSR count). The van der Waals surface area contributed by atoms with Gasteiger partial charge in [0.25, 0.3) is 0 Å². The molecule has 0 atom stereocenters. The zero-order chi connectivity index (χ0) is 22.0. The molecular formula is C20H20ClN7O2S. The number of halogens is 1. The van der Waals surface area contributed by atoms with Gasteiger partial charge in [0.05, 0.1) is 17.6 Å². The maximum Gasteiger partial charge on any atom is 0.239 e. The van der Waals surface area contributed by atoms with Gasteiger partial charge in [0.2, 0.25) is 17.8 Å². The van der Waals surface area contributed by atoms with Crippen LogP contribution >= 0.6 is 22.9 Å². The van der Waals surface area contributed by atoms with Crippen molar-refractivity contribution in [3.63, 3.8) is 0 Å². The summed E-state index contributed by atoms with van der Waals surface area (Å²) in [6.45, 7) is 5.03. The number of carbonyl (C=O) groups is 2. The number of thiazole rings is 1. The molecule has 0 radical (unpaired) electrons. The molecule has 2 aromatic heterocycles. The SMILES string of the molecule is Cc1nc(Nc2ncc(C(=O)Cc3c(C)cccc3Cl)s2)nc(N2CCNC(=O)C2)n1. The van der Waals surface area contributed by atoms with Gasteiger partial charge >= 0.3 is 0 Å². The number of Topliss-reactive ketones (excluding diaryl/α,β-unsaturated/α-hetero) is 1. The third-order valence-corrected chi connectivity index (χ3v) is 6.05. The highest BCUT2D eigenvalue weighted by molar-refractivity contribution is 7.17. The van der Waals surface area contributed by atoms with E-state index in [1.807, 2.05) is 19.1 Å². The summed E-state index contributed by atoms with van der Waals surface area (Å²) in [7, 11) is 0. The molecule has 1 aliphatic heterocycles. The Balaban J connectivity index is 1.49. The van der Waals surface area contributed by atoms with E-state index in [0.29, 0.717) is 45.8 Å². The van der Waals surface area contributed by atoms with Gasteiger partial charge in [-0.2, -0.15) is 15.0 Å². The molecule has 2 N–H and O–H groups in total. The van der Waals surface area contributed by atoms with Gasteiger partial charge in [-0.05, 0) is 31.0 Å². The number of amides is 1. The number of hydrogen-bond acceptors (Lipinski definition) is 9. The van der Waals surface area contributed by atoms with Crippen LogP contribution in [0.5, 0.6) is 0 Å². The second kappa shape index (κ2) is 8.94.